The molecule has 2 radical (unpaired) electrons. The third-order valence-corrected chi connectivity index (χ3v) is 6.89. The summed E-state index contributed by atoms with van der Waals surface area (Å²) in [5.74, 6) is 0.481. The quantitative estimate of drug-likeness (QED) is 0.527. The third-order valence-electron chi connectivity index (χ3n) is 6.89. The Morgan fingerprint density at radius 2 is 1.48 bits per heavy atom. The maximum Gasteiger partial charge on any atom is 0.109 e. The van der Waals surface area contributed by atoms with Crippen LogP contribution in [0.1, 0.15) is 23.1 Å². The van der Waals surface area contributed by atoms with Crippen LogP contribution < -0.4 is 10.4 Å². The van der Waals surface area contributed by atoms with E-state index in [9.17, 15) is 0 Å². The molecule has 2 unspecified atom stereocenters. The summed E-state index contributed by atoms with van der Waals surface area (Å²) in [5.41, 5.74) is 8.97. The van der Waals surface area contributed by atoms with Crippen molar-refractivity contribution < 1.29 is 0 Å². The van der Waals surface area contributed by atoms with Gasteiger partial charge in [-0.2, -0.15) is 0 Å². The van der Waals surface area contributed by atoms with E-state index >= 15 is 0 Å². The SMILES string of the molecule is [B]C1=c2ccccc2=C(c2cccc(-c3ccc4c(c3)C=CCC4)c2)C2C=CC=CC12. The van der Waals surface area contributed by atoms with E-state index in [0.717, 1.165) is 18.3 Å². The van der Waals surface area contributed by atoms with Crippen LogP contribution in [0.3, 0.4) is 0 Å². The summed E-state index contributed by atoms with van der Waals surface area (Å²) in [6, 6.07) is 24.5. The molecule has 0 amide bonds. The van der Waals surface area contributed by atoms with E-state index in [4.69, 9.17) is 7.85 Å². The minimum Gasteiger partial charge on any atom is -0.102 e. The normalized spacial score (nSPS) is 20.9. The lowest BCUT2D eigenvalue weighted by Gasteiger charge is -2.32. The number of rotatable bonds is 2. The number of hydrogen-bond donors (Lipinski definition) is 0. The monoisotopic (exact) mass is 394 g/mol. The predicted molar refractivity (Wildman–Crippen MR) is 132 cm³/mol. The molecule has 3 aliphatic carbocycles. The lowest BCUT2D eigenvalue weighted by atomic mass is 9.66. The van der Waals surface area contributed by atoms with Gasteiger partial charge < -0.3 is 0 Å². The van der Waals surface area contributed by atoms with Gasteiger partial charge in [-0.05, 0) is 74.7 Å². The van der Waals surface area contributed by atoms with E-state index in [-0.39, 0.29) is 11.8 Å². The van der Waals surface area contributed by atoms with E-state index in [2.05, 4.69) is 103 Å². The van der Waals surface area contributed by atoms with Gasteiger partial charge in [-0.15, -0.1) is 5.47 Å². The highest BCUT2D eigenvalue weighted by molar-refractivity contribution is 6.39. The predicted octanol–water partition coefficient (Wildman–Crippen LogP) is 5.16. The van der Waals surface area contributed by atoms with Gasteiger partial charge in [0.25, 0.3) is 0 Å². The second-order valence-corrected chi connectivity index (χ2v) is 8.67. The Morgan fingerprint density at radius 1 is 0.710 bits per heavy atom. The van der Waals surface area contributed by atoms with Gasteiger partial charge in [0.05, 0.1) is 0 Å². The molecule has 0 heterocycles. The van der Waals surface area contributed by atoms with E-state index in [1.165, 1.54) is 43.8 Å². The van der Waals surface area contributed by atoms with Crippen LogP contribution in [0.15, 0.2) is 97.1 Å². The van der Waals surface area contributed by atoms with Crippen molar-refractivity contribution in [2.24, 2.45) is 11.8 Å². The average molecular weight is 394 g/mol. The van der Waals surface area contributed by atoms with Crippen molar-refractivity contribution in [3.63, 3.8) is 0 Å². The van der Waals surface area contributed by atoms with Gasteiger partial charge in [0, 0.05) is 5.92 Å². The molecule has 3 aliphatic rings. The molecule has 146 valence electrons. The zero-order chi connectivity index (χ0) is 20.8. The number of benzene rings is 3. The molecule has 0 nitrogen and oxygen atoms in total. The Kier molecular flexibility index (Phi) is 4.42. The number of allylic oxidation sites excluding steroid dienone is 5. The van der Waals surface area contributed by atoms with Gasteiger partial charge in [0.2, 0.25) is 0 Å². The summed E-state index contributed by atoms with van der Waals surface area (Å²) in [4.78, 5) is 0. The minimum atomic E-state index is 0.215. The van der Waals surface area contributed by atoms with Gasteiger partial charge in [-0.25, -0.2) is 0 Å². The van der Waals surface area contributed by atoms with Gasteiger partial charge in [0.1, 0.15) is 7.85 Å². The maximum absolute atomic E-state index is 6.64. The van der Waals surface area contributed by atoms with Crippen molar-refractivity contribution in [3.05, 3.63) is 124 Å². The molecule has 0 aromatic heterocycles. The molecule has 31 heavy (non-hydrogen) atoms. The molecule has 0 N–H and O–H groups in total. The molecular formula is C30H23B. The number of aryl methyl sites for hydroxylation is 1. The smallest absolute Gasteiger partial charge is 0.102 e. The Hall–Kier alpha value is -3.32. The van der Waals surface area contributed by atoms with Gasteiger partial charge >= 0.3 is 0 Å². The first-order chi connectivity index (χ1) is 15.3. The van der Waals surface area contributed by atoms with Crippen LogP contribution in [0.5, 0.6) is 0 Å². The van der Waals surface area contributed by atoms with Crippen molar-refractivity contribution in [2.75, 3.05) is 0 Å². The van der Waals surface area contributed by atoms with Gasteiger partial charge in [0.15, 0.2) is 0 Å². The minimum absolute atomic E-state index is 0.215. The molecule has 2 atom stereocenters. The molecule has 0 spiro atoms. The van der Waals surface area contributed by atoms with Crippen LogP contribution in [0, 0.1) is 11.8 Å². The lowest BCUT2D eigenvalue weighted by Crippen LogP contribution is -2.40. The Bertz CT molecular complexity index is 1400. The molecule has 6 rings (SSSR count). The highest BCUT2D eigenvalue weighted by Gasteiger charge is 2.28. The van der Waals surface area contributed by atoms with Crippen LogP contribution in [0.25, 0.3) is 28.2 Å². The Morgan fingerprint density at radius 3 is 2.39 bits per heavy atom. The molecule has 3 aromatic rings. The molecule has 0 saturated carbocycles. The van der Waals surface area contributed by atoms with Gasteiger partial charge in [-0.1, -0.05) is 91.1 Å². The van der Waals surface area contributed by atoms with Crippen molar-refractivity contribution in [1.29, 1.82) is 0 Å². The van der Waals surface area contributed by atoms with E-state index in [1.54, 1.807) is 0 Å². The van der Waals surface area contributed by atoms with Gasteiger partial charge in [-0.3, -0.25) is 0 Å². The number of fused-ring (bicyclic) bond motifs is 3. The first-order valence-corrected chi connectivity index (χ1v) is 11.1. The summed E-state index contributed by atoms with van der Waals surface area (Å²) in [7, 11) is 6.64. The van der Waals surface area contributed by atoms with Crippen LogP contribution in [0.2, 0.25) is 0 Å². The first kappa shape index (κ1) is 18.5. The fourth-order valence-electron chi connectivity index (χ4n) is 5.33. The van der Waals surface area contributed by atoms with Crippen molar-refractivity contribution in [1.82, 2.24) is 0 Å². The second-order valence-electron chi connectivity index (χ2n) is 8.67. The Balaban J connectivity index is 1.55. The summed E-state index contributed by atoms with van der Waals surface area (Å²) < 4.78 is 0. The fourth-order valence-corrected chi connectivity index (χ4v) is 5.33. The Labute approximate surface area is 185 Å². The highest BCUT2D eigenvalue weighted by atomic mass is 14.3. The molecule has 3 aromatic carbocycles. The highest BCUT2D eigenvalue weighted by Crippen LogP contribution is 2.37. The molecule has 0 saturated heterocycles. The van der Waals surface area contributed by atoms with E-state index in [1.807, 2.05) is 0 Å². The van der Waals surface area contributed by atoms with Crippen LogP contribution in [-0.4, -0.2) is 7.85 Å². The molecule has 0 bridgehead atoms. The summed E-state index contributed by atoms with van der Waals surface area (Å²) in [6.07, 6.45) is 15.7. The van der Waals surface area contributed by atoms with Crippen LogP contribution in [-0.2, 0) is 6.42 Å². The van der Waals surface area contributed by atoms with Crippen LogP contribution in [0.4, 0.5) is 0 Å². The fraction of sp³-hybridized carbons (Fsp3) is 0.133. The van der Waals surface area contributed by atoms with Crippen molar-refractivity contribution in [2.45, 2.75) is 12.8 Å². The molecule has 0 fully saturated rings. The van der Waals surface area contributed by atoms with Crippen LogP contribution >= 0.6 is 0 Å². The third kappa shape index (κ3) is 3.08. The molecule has 1 heteroatoms. The summed E-state index contributed by atoms with van der Waals surface area (Å²) in [6.45, 7) is 0. The standard InChI is InChI=1S/C30H23B/c31-30-27-14-5-3-12-25(27)29(26-13-4-6-15-28(26)30)24-11-7-10-22(19-24)23-17-16-20-8-1-2-9-21(20)18-23/h2-7,9-19,25,27H,1,8H2. The molecular weight excluding hydrogens is 371 g/mol. The second kappa shape index (κ2) is 7.43. The van der Waals surface area contributed by atoms with Crippen molar-refractivity contribution >= 4 is 25.0 Å². The summed E-state index contributed by atoms with van der Waals surface area (Å²) in [5, 5.41) is 2.43. The first-order valence-electron chi connectivity index (χ1n) is 11.1. The maximum atomic E-state index is 6.64. The zero-order valence-electron chi connectivity index (χ0n) is 17.5. The lowest BCUT2D eigenvalue weighted by molar-refractivity contribution is 0.697. The number of hydrogen-bond acceptors (Lipinski definition) is 0. The largest absolute Gasteiger partial charge is 0.109 e. The van der Waals surface area contributed by atoms with Crippen molar-refractivity contribution in [3.8, 4) is 11.1 Å². The average Bonchev–Trinajstić information content (AvgIpc) is 2.84. The molecule has 0 aliphatic heterocycles. The van der Waals surface area contributed by atoms with E-state index < -0.39 is 0 Å². The summed E-state index contributed by atoms with van der Waals surface area (Å²) >= 11 is 0. The zero-order valence-corrected chi connectivity index (χ0v) is 17.5. The van der Waals surface area contributed by atoms with E-state index in [0.29, 0.717) is 0 Å². The topological polar surface area (TPSA) is 0 Å².